The van der Waals surface area contributed by atoms with Gasteiger partial charge in [0.1, 0.15) is 9.90 Å². The van der Waals surface area contributed by atoms with E-state index in [4.69, 9.17) is 0 Å². The number of carbonyl (C=O) groups is 1. The predicted molar refractivity (Wildman–Crippen MR) is 98.4 cm³/mol. The van der Waals surface area contributed by atoms with E-state index in [2.05, 4.69) is 15.5 Å². The second-order valence-corrected chi connectivity index (χ2v) is 9.59. The lowest BCUT2D eigenvalue weighted by Gasteiger charge is -2.18. The number of rotatable bonds is 6. The lowest BCUT2D eigenvalue weighted by molar-refractivity contribution is -0.121. The van der Waals surface area contributed by atoms with Crippen molar-refractivity contribution in [3.63, 3.8) is 0 Å². The van der Waals surface area contributed by atoms with E-state index in [1.807, 2.05) is 0 Å². The monoisotopic (exact) mass is 396 g/mol. The molecule has 2 heterocycles. The quantitative estimate of drug-likeness (QED) is 0.761. The highest BCUT2D eigenvalue weighted by Gasteiger charge is 2.26. The molecule has 0 unspecified atom stereocenters. The summed E-state index contributed by atoms with van der Waals surface area (Å²) < 4.78 is 26.5. The SMILES string of the molecule is CN(CC(=O)NC1CCCC1)S(=O)(=O)c1ccc(-c2ccc(=O)[nH]n2)s1. The fourth-order valence-electron chi connectivity index (χ4n) is 2.86. The Balaban J connectivity index is 1.69. The molecule has 1 fully saturated rings. The molecule has 0 saturated heterocycles. The average molecular weight is 396 g/mol. The molecule has 1 aliphatic rings. The number of nitrogens with zero attached hydrogens (tertiary/aromatic N) is 2. The Labute approximate surface area is 155 Å². The highest BCUT2D eigenvalue weighted by molar-refractivity contribution is 7.91. The van der Waals surface area contributed by atoms with Crippen LogP contribution in [0.15, 0.2) is 33.3 Å². The number of thiophene rings is 1. The van der Waals surface area contributed by atoms with Crippen molar-refractivity contribution in [1.29, 1.82) is 0 Å². The second-order valence-electron chi connectivity index (χ2n) is 6.24. The van der Waals surface area contributed by atoms with E-state index >= 15 is 0 Å². The van der Waals surface area contributed by atoms with Crippen LogP contribution in [0, 0.1) is 0 Å². The van der Waals surface area contributed by atoms with Crippen LogP contribution in [0.2, 0.25) is 0 Å². The van der Waals surface area contributed by atoms with Gasteiger partial charge in [-0.2, -0.15) is 9.40 Å². The van der Waals surface area contributed by atoms with Crippen molar-refractivity contribution >= 4 is 27.3 Å². The molecule has 0 bridgehead atoms. The number of nitrogens with one attached hydrogen (secondary N) is 2. The lowest BCUT2D eigenvalue weighted by Crippen LogP contribution is -2.41. The van der Waals surface area contributed by atoms with Crippen molar-refractivity contribution in [1.82, 2.24) is 19.8 Å². The number of amides is 1. The van der Waals surface area contributed by atoms with Gasteiger partial charge in [0.2, 0.25) is 5.91 Å². The Morgan fingerprint density at radius 3 is 2.69 bits per heavy atom. The summed E-state index contributed by atoms with van der Waals surface area (Å²) in [5.41, 5.74) is 0.156. The van der Waals surface area contributed by atoms with Crippen molar-refractivity contribution in [2.24, 2.45) is 0 Å². The summed E-state index contributed by atoms with van der Waals surface area (Å²) >= 11 is 1.04. The molecule has 0 spiro atoms. The predicted octanol–water partition coefficient (Wildman–Crippen LogP) is 1.18. The first-order valence-corrected chi connectivity index (χ1v) is 10.5. The zero-order valence-electron chi connectivity index (χ0n) is 14.3. The van der Waals surface area contributed by atoms with Crippen molar-refractivity contribution in [2.75, 3.05) is 13.6 Å². The maximum absolute atomic E-state index is 12.7. The molecule has 0 aliphatic heterocycles. The third kappa shape index (κ3) is 4.19. The van der Waals surface area contributed by atoms with Gasteiger partial charge in [-0.1, -0.05) is 12.8 Å². The summed E-state index contributed by atoms with van der Waals surface area (Å²) in [7, 11) is -2.38. The van der Waals surface area contributed by atoms with Gasteiger partial charge in [-0.3, -0.25) is 9.59 Å². The van der Waals surface area contributed by atoms with Gasteiger partial charge >= 0.3 is 0 Å². The van der Waals surface area contributed by atoms with E-state index in [0.29, 0.717) is 10.6 Å². The number of aromatic amines is 1. The van der Waals surface area contributed by atoms with E-state index in [1.165, 1.54) is 25.2 Å². The van der Waals surface area contributed by atoms with Gasteiger partial charge in [0.25, 0.3) is 15.6 Å². The van der Waals surface area contributed by atoms with E-state index < -0.39 is 10.0 Å². The first-order chi connectivity index (χ1) is 12.4. The van der Waals surface area contributed by atoms with E-state index in [9.17, 15) is 18.0 Å². The average Bonchev–Trinajstić information content (AvgIpc) is 3.27. The minimum atomic E-state index is -3.77. The van der Waals surface area contributed by atoms with Gasteiger partial charge in [-0.25, -0.2) is 13.5 Å². The second kappa shape index (κ2) is 7.68. The molecule has 0 aromatic carbocycles. The van der Waals surface area contributed by atoms with Gasteiger partial charge in [0.05, 0.1) is 11.4 Å². The van der Waals surface area contributed by atoms with Crippen molar-refractivity contribution in [2.45, 2.75) is 35.9 Å². The van der Waals surface area contributed by atoms with Crippen LogP contribution in [0.4, 0.5) is 0 Å². The normalized spacial score (nSPS) is 15.5. The molecule has 0 radical (unpaired) electrons. The lowest BCUT2D eigenvalue weighted by atomic mass is 10.2. The summed E-state index contributed by atoms with van der Waals surface area (Å²) in [5, 5.41) is 9.10. The first-order valence-electron chi connectivity index (χ1n) is 8.28. The Bertz CT molecular complexity index is 925. The summed E-state index contributed by atoms with van der Waals surface area (Å²) in [6, 6.07) is 6.12. The van der Waals surface area contributed by atoms with E-state index in [-0.39, 0.29) is 28.3 Å². The molecule has 1 amide bonds. The summed E-state index contributed by atoms with van der Waals surface area (Å²) in [5.74, 6) is -0.290. The van der Waals surface area contributed by atoms with Gasteiger partial charge in [0.15, 0.2) is 0 Å². The number of sulfonamides is 1. The Morgan fingerprint density at radius 1 is 1.31 bits per heavy atom. The smallest absolute Gasteiger partial charge is 0.264 e. The van der Waals surface area contributed by atoms with Gasteiger partial charge < -0.3 is 5.32 Å². The number of H-pyrrole nitrogens is 1. The third-order valence-corrected chi connectivity index (χ3v) is 7.64. The summed E-state index contributed by atoms with van der Waals surface area (Å²) in [4.78, 5) is 23.8. The molecule has 140 valence electrons. The van der Waals surface area contributed by atoms with Crippen molar-refractivity contribution in [3.05, 3.63) is 34.6 Å². The molecule has 3 rings (SSSR count). The fraction of sp³-hybridized carbons (Fsp3) is 0.438. The maximum atomic E-state index is 12.7. The number of likely N-dealkylation sites (N-methyl/N-ethyl adjacent to an activating group) is 1. The molecule has 1 aliphatic carbocycles. The van der Waals surface area contributed by atoms with Crippen LogP contribution < -0.4 is 10.9 Å². The molecule has 2 N–H and O–H groups in total. The molecule has 8 nitrogen and oxygen atoms in total. The van der Waals surface area contributed by atoms with Gasteiger partial charge in [0, 0.05) is 19.2 Å². The van der Waals surface area contributed by atoms with Crippen molar-refractivity contribution in [3.8, 4) is 10.6 Å². The van der Waals surface area contributed by atoms with E-state index in [0.717, 1.165) is 41.3 Å². The largest absolute Gasteiger partial charge is 0.352 e. The molecular weight excluding hydrogens is 376 g/mol. The topological polar surface area (TPSA) is 112 Å². The van der Waals surface area contributed by atoms with Crippen molar-refractivity contribution < 1.29 is 13.2 Å². The summed E-state index contributed by atoms with van der Waals surface area (Å²) in [6.45, 7) is -0.219. The Kier molecular flexibility index (Phi) is 5.54. The zero-order valence-corrected chi connectivity index (χ0v) is 15.9. The standard InChI is InChI=1S/C16H20N4O4S2/c1-20(10-15(22)17-11-4-2-3-5-11)26(23,24)16-9-7-13(25-16)12-6-8-14(21)19-18-12/h6-9,11H,2-5,10H2,1H3,(H,17,22)(H,19,21). The molecule has 0 atom stereocenters. The molecule has 2 aromatic rings. The highest BCUT2D eigenvalue weighted by Crippen LogP contribution is 2.30. The minimum Gasteiger partial charge on any atom is -0.352 e. The molecule has 2 aromatic heterocycles. The van der Waals surface area contributed by atoms with Gasteiger partial charge in [-0.05, 0) is 31.0 Å². The fourth-order valence-corrected chi connectivity index (χ4v) is 5.48. The van der Waals surface area contributed by atoms with Crippen LogP contribution in [-0.4, -0.2) is 48.5 Å². The van der Waals surface area contributed by atoms with Crippen LogP contribution in [0.3, 0.4) is 0 Å². The van der Waals surface area contributed by atoms with Crippen LogP contribution in [0.1, 0.15) is 25.7 Å². The van der Waals surface area contributed by atoms with Crippen LogP contribution >= 0.6 is 11.3 Å². The first kappa shape index (κ1) is 18.7. The highest BCUT2D eigenvalue weighted by atomic mass is 32.2. The Hall–Kier alpha value is -2.04. The maximum Gasteiger partial charge on any atom is 0.264 e. The zero-order chi connectivity index (χ0) is 18.7. The molecule has 1 saturated carbocycles. The van der Waals surface area contributed by atoms with E-state index in [1.54, 1.807) is 6.07 Å². The van der Waals surface area contributed by atoms with Crippen LogP contribution in [-0.2, 0) is 14.8 Å². The summed E-state index contributed by atoms with van der Waals surface area (Å²) in [6.07, 6.45) is 4.08. The molecular formula is C16H20N4O4S2. The number of aromatic nitrogens is 2. The number of carbonyl (C=O) groups excluding carboxylic acids is 1. The third-order valence-electron chi connectivity index (χ3n) is 4.26. The number of hydrogen-bond acceptors (Lipinski definition) is 6. The molecule has 10 heteroatoms. The van der Waals surface area contributed by atoms with Crippen LogP contribution in [0.5, 0.6) is 0 Å². The molecule has 26 heavy (non-hydrogen) atoms. The number of hydrogen-bond donors (Lipinski definition) is 2. The van der Waals surface area contributed by atoms with Gasteiger partial charge in [-0.15, -0.1) is 11.3 Å². The Morgan fingerprint density at radius 2 is 2.04 bits per heavy atom. The van der Waals surface area contributed by atoms with Crippen LogP contribution in [0.25, 0.3) is 10.6 Å². The minimum absolute atomic E-state index is 0.122.